The van der Waals surface area contributed by atoms with Crippen LogP contribution in [0.2, 0.25) is 0 Å². The molecule has 27 heavy (non-hydrogen) atoms. The quantitative estimate of drug-likeness (QED) is 0.604. The molecule has 1 amide bonds. The van der Waals surface area contributed by atoms with Gasteiger partial charge in [-0.1, -0.05) is 18.7 Å². The third kappa shape index (κ3) is 3.66. The Hall–Kier alpha value is -2.48. The van der Waals surface area contributed by atoms with E-state index in [4.69, 9.17) is 9.47 Å². The van der Waals surface area contributed by atoms with Crippen LogP contribution < -0.4 is 20.3 Å². The molecule has 0 saturated carbocycles. The number of nitrogens with one attached hydrogen (secondary N) is 1. The number of aromatic nitrogens is 2. The van der Waals surface area contributed by atoms with E-state index in [-0.39, 0.29) is 17.9 Å². The van der Waals surface area contributed by atoms with Gasteiger partial charge in [0.2, 0.25) is 5.91 Å². The summed E-state index contributed by atoms with van der Waals surface area (Å²) in [6.45, 7) is 2.07. The van der Waals surface area contributed by atoms with Gasteiger partial charge in [-0.25, -0.2) is 0 Å². The number of nitrogens with zero attached hydrogens (tertiary/aromatic N) is 2. The van der Waals surface area contributed by atoms with Crippen LogP contribution in [0.15, 0.2) is 28.2 Å². The fourth-order valence-corrected chi connectivity index (χ4v) is 4.05. The van der Waals surface area contributed by atoms with Crippen molar-refractivity contribution in [2.75, 3.05) is 25.3 Å². The number of anilines is 1. The number of hydrogen-bond acceptors (Lipinski definition) is 6. The van der Waals surface area contributed by atoms with Gasteiger partial charge < -0.3 is 19.4 Å². The number of carbonyl (C=O) groups excluding carboxylic acids is 1. The van der Waals surface area contributed by atoms with Gasteiger partial charge in [-0.3, -0.25) is 9.59 Å². The van der Waals surface area contributed by atoms with E-state index in [0.717, 1.165) is 17.7 Å². The van der Waals surface area contributed by atoms with Gasteiger partial charge in [0.05, 0.1) is 19.8 Å². The molecule has 8 heteroatoms. The summed E-state index contributed by atoms with van der Waals surface area (Å²) in [6.07, 6.45) is 1.11. The minimum atomic E-state index is -0.449. The Labute approximate surface area is 162 Å². The first kappa shape index (κ1) is 19.3. The molecule has 2 aromatic rings. The number of amides is 1. The highest BCUT2D eigenvalue weighted by atomic mass is 32.2. The Bertz CT molecular complexity index is 926. The molecule has 1 N–H and O–H groups in total. The molecular formula is C19H23N3O4S. The normalized spacial score (nSPS) is 15.9. The van der Waals surface area contributed by atoms with E-state index in [1.165, 1.54) is 11.8 Å². The highest BCUT2D eigenvalue weighted by Crippen LogP contribution is 2.40. The van der Waals surface area contributed by atoms with E-state index in [0.29, 0.717) is 28.0 Å². The van der Waals surface area contributed by atoms with Crippen LogP contribution in [0.5, 0.6) is 11.5 Å². The van der Waals surface area contributed by atoms with Gasteiger partial charge in [-0.15, -0.1) is 0 Å². The second-order valence-corrected chi connectivity index (χ2v) is 7.34. The smallest absolute Gasteiger partial charge is 0.279 e. The lowest BCUT2D eigenvalue weighted by Gasteiger charge is -2.28. The summed E-state index contributed by atoms with van der Waals surface area (Å²) >= 11 is 1.50. The van der Waals surface area contributed by atoms with Gasteiger partial charge in [0.15, 0.2) is 5.16 Å². The molecule has 144 valence electrons. The van der Waals surface area contributed by atoms with Gasteiger partial charge in [0.25, 0.3) is 5.56 Å². The molecule has 1 aromatic heterocycles. The summed E-state index contributed by atoms with van der Waals surface area (Å²) in [5.41, 5.74) is 0.891. The summed E-state index contributed by atoms with van der Waals surface area (Å²) in [7, 11) is 4.95. The van der Waals surface area contributed by atoms with Crippen LogP contribution in [-0.2, 0) is 11.8 Å². The second kappa shape index (κ2) is 8.04. The van der Waals surface area contributed by atoms with Crippen molar-refractivity contribution in [1.82, 2.24) is 9.55 Å². The Balaban J connectivity index is 2.19. The average Bonchev–Trinajstić information content (AvgIpc) is 2.68. The lowest BCUT2D eigenvalue weighted by atomic mass is 9.86. The first-order valence-electron chi connectivity index (χ1n) is 8.75. The maximum atomic E-state index is 12.9. The van der Waals surface area contributed by atoms with Gasteiger partial charge in [-0.05, 0) is 24.6 Å². The fourth-order valence-electron chi connectivity index (χ4n) is 3.24. The highest BCUT2D eigenvalue weighted by molar-refractivity contribution is 7.99. The SMILES string of the molecule is CCCSc1nc(=O)c2c(n1C)NC(=O)C[C@@H]2c1cc(OC)ccc1OC. The molecule has 0 spiro atoms. The Kier molecular flexibility index (Phi) is 5.74. The standard InChI is InChI=1S/C19H23N3O4S/c1-5-8-27-19-21-18(24)16-13(10-15(23)20-17(16)22(19)2)12-9-11(25-3)6-7-14(12)26-4/h6-7,9,13H,5,8,10H2,1-4H3,(H,20,23)/t13-/m1/s1. The first-order chi connectivity index (χ1) is 13.0. The van der Waals surface area contributed by atoms with Crippen LogP contribution in [0.3, 0.4) is 0 Å². The molecule has 7 nitrogen and oxygen atoms in total. The van der Waals surface area contributed by atoms with Crippen molar-refractivity contribution in [1.29, 1.82) is 0 Å². The molecule has 0 unspecified atom stereocenters. The zero-order chi connectivity index (χ0) is 19.6. The van der Waals surface area contributed by atoms with Gasteiger partial charge in [0.1, 0.15) is 17.3 Å². The van der Waals surface area contributed by atoms with Crippen molar-refractivity contribution in [3.8, 4) is 11.5 Å². The number of rotatable bonds is 6. The predicted molar refractivity (Wildman–Crippen MR) is 105 cm³/mol. The van der Waals surface area contributed by atoms with Crippen LogP contribution in [0.25, 0.3) is 0 Å². The van der Waals surface area contributed by atoms with Crippen molar-refractivity contribution in [2.45, 2.75) is 30.8 Å². The van der Waals surface area contributed by atoms with Crippen LogP contribution in [0, 0.1) is 0 Å². The molecule has 0 radical (unpaired) electrons. The zero-order valence-electron chi connectivity index (χ0n) is 15.9. The van der Waals surface area contributed by atoms with Crippen molar-refractivity contribution in [2.24, 2.45) is 7.05 Å². The first-order valence-corrected chi connectivity index (χ1v) is 9.74. The van der Waals surface area contributed by atoms with Crippen molar-refractivity contribution < 1.29 is 14.3 Å². The molecule has 2 heterocycles. The molecular weight excluding hydrogens is 366 g/mol. The molecule has 3 rings (SSSR count). The molecule has 1 aliphatic heterocycles. The van der Waals surface area contributed by atoms with E-state index in [2.05, 4.69) is 17.2 Å². The van der Waals surface area contributed by atoms with Gasteiger partial charge in [-0.2, -0.15) is 4.98 Å². The molecule has 0 fully saturated rings. The minimum Gasteiger partial charge on any atom is -0.497 e. The lowest BCUT2D eigenvalue weighted by molar-refractivity contribution is -0.116. The van der Waals surface area contributed by atoms with E-state index >= 15 is 0 Å². The zero-order valence-corrected chi connectivity index (χ0v) is 16.7. The molecule has 0 aliphatic carbocycles. The highest BCUT2D eigenvalue weighted by Gasteiger charge is 2.34. The number of hydrogen-bond donors (Lipinski definition) is 1. The van der Waals surface area contributed by atoms with Crippen molar-refractivity contribution in [3.05, 3.63) is 39.7 Å². The van der Waals surface area contributed by atoms with Crippen molar-refractivity contribution >= 4 is 23.5 Å². The predicted octanol–water partition coefficient (Wildman–Crippen LogP) is 2.77. The summed E-state index contributed by atoms with van der Waals surface area (Å²) in [5.74, 6) is 1.99. The van der Waals surface area contributed by atoms with E-state index in [1.54, 1.807) is 30.9 Å². The maximum absolute atomic E-state index is 12.9. The molecule has 0 saturated heterocycles. The van der Waals surface area contributed by atoms with Crippen LogP contribution in [0.4, 0.5) is 5.82 Å². The second-order valence-electron chi connectivity index (χ2n) is 6.28. The van der Waals surface area contributed by atoms with E-state index < -0.39 is 5.92 Å². The molecule has 1 atom stereocenters. The number of thioether (sulfide) groups is 1. The minimum absolute atomic E-state index is 0.148. The topological polar surface area (TPSA) is 82.5 Å². The average molecular weight is 389 g/mol. The number of carbonyl (C=O) groups is 1. The molecule has 1 aromatic carbocycles. The Morgan fingerprint density at radius 3 is 2.74 bits per heavy atom. The lowest BCUT2D eigenvalue weighted by Crippen LogP contribution is -2.33. The van der Waals surface area contributed by atoms with Gasteiger partial charge >= 0.3 is 0 Å². The monoisotopic (exact) mass is 389 g/mol. The molecule has 1 aliphatic rings. The van der Waals surface area contributed by atoms with E-state index in [1.807, 2.05) is 13.1 Å². The molecule has 0 bridgehead atoms. The maximum Gasteiger partial charge on any atom is 0.279 e. The Morgan fingerprint density at radius 1 is 1.30 bits per heavy atom. The third-order valence-corrected chi connectivity index (χ3v) is 5.78. The third-order valence-electron chi connectivity index (χ3n) is 4.55. The van der Waals surface area contributed by atoms with Crippen LogP contribution in [-0.4, -0.2) is 35.4 Å². The van der Waals surface area contributed by atoms with E-state index in [9.17, 15) is 9.59 Å². The summed E-state index contributed by atoms with van der Waals surface area (Å²) in [4.78, 5) is 29.6. The largest absolute Gasteiger partial charge is 0.497 e. The summed E-state index contributed by atoms with van der Waals surface area (Å²) in [6, 6.07) is 5.38. The number of benzene rings is 1. The fraction of sp³-hybridized carbons (Fsp3) is 0.421. The van der Waals surface area contributed by atoms with Crippen molar-refractivity contribution in [3.63, 3.8) is 0 Å². The van der Waals surface area contributed by atoms with Crippen LogP contribution >= 0.6 is 11.8 Å². The number of ether oxygens (including phenoxy) is 2. The summed E-state index contributed by atoms with van der Waals surface area (Å²) < 4.78 is 12.6. The number of methoxy groups -OCH3 is 2. The summed E-state index contributed by atoms with van der Waals surface area (Å²) in [5, 5.41) is 3.45. The Morgan fingerprint density at radius 2 is 2.07 bits per heavy atom. The van der Waals surface area contributed by atoms with Gasteiger partial charge in [0, 0.05) is 30.7 Å². The van der Waals surface area contributed by atoms with Crippen LogP contribution in [0.1, 0.15) is 36.8 Å². The number of fused-ring (bicyclic) bond motifs is 1.